The molecule has 4 bridgehead atoms. The van der Waals surface area contributed by atoms with Crippen molar-refractivity contribution in [3.8, 4) is 0 Å². The Hall–Kier alpha value is -1.19. The smallest absolute Gasteiger partial charge is 0.334 e. The van der Waals surface area contributed by atoms with Crippen molar-refractivity contribution in [2.75, 3.05) is 59.5 Å². The molecule has 4 saturated carbocycles. The number of ether oxygens (including phenoxy) is 6. The van der Waals surface area contributed by atoms with Crippen molar-refractivity contribution in [2.45, 2.75) is 77.4 Å². The Balaban J connectivity index is 1.33. The first-order valence-corrected chi connectivity index (χ1v) is 14.0. The van der Waals surface area contributed by atoms with Crippen molar-refractivity contribution in [2.24, 2.45) is 27.6 Å². The van der Waals surface area contributed by atoms with Gasteiger partial charge in [0.2, 0.25) is 0 Å². The molecule has 2 atom stereocenters. The van der Waals surface area contributed by atoms with Gasteiger partial charge < -0.3 is 33.5 Å². The van der Waals surface area contributed by atoms with Gasteiger partial charge in [-0.05, 0) is 44.9 Å². The lowest BCUT2D eigenvalue weighted by molar-refractivity contribution is -0.286. The fraction of sp³-hybridized carbons (Fsp3) is 0.897. The fourth-order valence-electron chi connectivity index (χ4n) is 8.10. The summed E-state index contributed by atoms with van der Waals surface area (Å²) in [5, 5.41) is 10.1. The molecule has 37 heavy (non-hydrogen) atoms. The van der Waals surface area contributed by atoms with E-state index >= 15 is 0 Å². The Labute approximate surface area is 220 Å². The van der Waals surface area contributed by atoms with Gasteiger partial charge in [0.15, 0.2) is 0 Å². The van der Waals surface area contributed by atoms with Gasteiger partial charge in [0.25, 0.3) is 0 Å². The summed E-state index contributed by atoms with van der Waals surface area (Å²) in [6.07, 6.45) is 5.36. The third kappa shape index (κ3) is 4.65. The van der Waals surface area contributed by atoms with Crippen molar-refractivity contribution in [3.05, 3.63) is 11.3 Å². The zero-order chi connectivity index (χ0) is 26.2. The molecule has 0 amide bonds. The third-order valence-electron chi connectivity index (χ3n) is 9.83. The van der Waals surface area contributed by atoms with Crippen molar-refractivity contribution in [3.63, 3.8) is 0 Å². The van der Waals surface area contributed by atoms with E-state index in [1.165, 1.54) is 0 Å². The highest BCUT2D eigenvalue weighted by atomic mass is 16.5. The zero-order valence-corrected chi connectivity index (χ0v) is 23.0. The highest BCUT2D eigenvalue weighted by Gasteiger charge is 2.67. The molecule has 0 spiro atoms. The van der Waals surface area contributed by atoms with Crippen LogP contribution < -0.4 is 0 Å². The van der Waals surface area contributed by atoms with E-state index in [0.29, 0.717) is 50.3 Å². The summed E-state index contributed by atoms with van der Waals surface area (Å²) in [6.45, 7) is 14.3. The van der Waals surface area contributed by atoms with Gasteiger partial charge in [-0.2, -0.15) is 0 Å². The quantitative estimate of drug-likeness (QED) is 0.323. The molecule has 8 heteroatoms. The van der Waals surface area contributed by atoms with Gasteiger partial charge in [0, 0.05) is 28.1 Å². The van der Waals surface area contributed by atoms with E-state index in [2.05, 4.69) is 20.8 Å². The first-order valence-electron chi connectivity index (χ1n) is 14.0. The minimum Gasteiger partial charge on any atom is -0.496 e. The maximum atomic E-state index is 12.4. The molecule has 0 aromatic carbocycles. The first-order chi connectivity index (χ1) is 17.4. The second-order valence-corrected chi connectivity index (χ2v) is 14.7. The van der Waals surface area contributed by atoms with Crippen LogP contribution in [-0.2, 0) is 33.2 Å². The normalized spacial score (nSPS) is 40.7. The predicted octanol–water partition coefficient (Wildman–Crippen LogP) is 3.97. The van der Waals surface area contributed by atoms with Crippen LogP contribution in [0.5, 0.6) is 0 Å². The number of rotatable bonds is 11. The van der Waals surface area contributed by atoms with Gasteiger partial charge in [-0.15, -0.1) is 0 Å². The molecule has 0 radical (unpaired) electrons. The summed E-state index contributed by atoms with van der Waals surface area (Å²) in [5.41, 5.74) is -0.755. The van der Waals surface area contributed by atoms with E-state index in [-0.39, 0.29) is 27.4 Å². The molecule has 3 heterocycles. The number of aliphatic carboxylic acids is 1. The van der Waals surface area contributed by atoms with Crippen LogP contribution in [0.2, 0.25) is 0 Å². The number of carboxylic acids is 1. The SMILES string of the molecule is CC(C(=O)O)=C(OCC1(C)COC1)C12CC3CC(OCC4(C)COC4)(CC(OCC4(C)COC4)(C3)C1)C2. The predicted molar refractivity (Wildman–Crippen MR) is 134 cm³/mol. The second-order valence-electron chi connectivity index (χ2n) is 14.7. The van der Waals surface area contributed by atoms with E-state index < -0.39 is 11.4 Å². The molecule has 7 aliphatic rings. The van der Waals surface area contributed by atoms with E-state index in [4.69, 9.17) is 28.4 Å². The molecule has 208 valence electrons. The number of hydrogen-bond acceptors (Lipinski definition) is 7. The van der Waals surface area contributed by atoms with Gasteiger partial charge in [-0.1, -0.05) is 20.8 Å². The molecule has 0 aromatic rings. The topological polar surface area (TPSA) is 92.7 Å². The molecule has 3 aliphatic heterocycles. The average molecular weight is 521 g/mol. The van der Waals surface area contributed by atoms with Gasteiger partial charge in [0.05, 0.1) is 76.2 Å². The Bertz CT molecular complexity index is 919. The van der Waals surface area contributed by atoms with Crippen molar-refractivity contribution in [1.29, 1.82) is 0 Å². The summed E-state index contributed by atoms with van der Waals surface area (Å²) in [6, 6.07) is 0. The van der Waals surface area contributed by atoms with Gasteiger partial charge in [0.1, 0.15) is 5.76 Å². The maximum absolute atomic E-state index is 12.4. The highest BCUT2D eigenvalue weighted by molar-refractivity contribution is 5.86. The number of hydrogen-bond donors (Lipinski definition) is 1. The summed E-state index contributed by atoms with van der Waals surface area (Å²) < 4.78 is 36.8. The van der Waals surface area contributed by atoms with Gasteiger partial charge in [-0.25, -0.2) is 4.79 Å². The third-order valence-corrected chi connectivity index (χ3v) is 9.83. The van der Waals surface area contributed by atoms with Crippen LogP contribution in [0.3, 0.4) is 0 Å². The minimum absolute atomic E-state index is 0.0478. The largest absolute Gasteiger partial charge is 0.496 e. The van der Waals surface area contributed by atoms with Crippen LogP contribution in [0, 0.1) is 27.6 Å². The van der Waals surface area contributed by atoms with Gasteiger partial charge >= 0.3 is 5.97 Å². The second kappa shape index (κ2) is 8.65. The molecule has 3 saturated heterocycles. The van der Waals surface area contributed by atoms with Crippen LogP contribution in [-0.4, -0.2) is 81.7 Å². The number of carboxylic acid groups (broad SMARTS) is 1. The van der Waals surface area contributed by atoms with Crippen LogP contribution >= 0.6 is 0 Å². The maximum Gasteiger partial charge on any atom is 0.334 e. The molecule has 4 aliphatic carbocycles. The lowest BCUT2D eigenvalue weighted by Crippen LogP contribution is -2.66. The zero-order valence-electron chi connectivity index (χ0n) is 23.0. The molecule has 2 unspecified atom stereocenters. The van der Waals surface area contributed by atoms with Crippen molar-refractivity contribution < 1.29 is 38.3 Å². The van der Waals surface area contributed by atoms with E-state index in [9.17, 15) is 9.90 Å². The lowest BCUT2D eigenvalue weighted by Gasteiger charge is -2.66. The molecule has 7 fully saturated rings. The lowest BCUT2D eigenvalue weighted by atomic mass is 9.45. The van der Waals surface area contributed by atoms with Crippen LogP contribution in [0.1, 0.15) is 66.2 Å². The number of allylic oxidation sites excluding steroid dienone is 1. The standard InChI is InChI=1S/C29H44O8/c1-20(23(30)31)22(35-17-24(2)11-32-12-24)27-5-21-6-28(8-27,36-18-25(3)13-33-14-25)10-29(7-21,9-27)37-19-26(4)15-34-16-26/h21H,5-19H2,1-4H3,(H,30,31). The van der Waals surface area contributed by atoms with Crippen molar-refractivity contribution >= 4 is 5.97 Å². The minimum atomic E-state index is -0.913. The summed E-state index contributed by atoms with van der Waals surface area (Å²) in [4.78, 5) is 12.4. The fourth-order valence-corrected chi connectivity index (χ4v) is 8.10. The monoisotopic (exact) mass is 520 g/mol. The van der Waals surface area contributed by atoms with Crippen LogP contribution in [0.4, 0.5) is 0 Å². The Morgan fingerprint density at radius 2 is 1.22 bits per heavy atom. The molecular weight excluding hydrogens is 476 g/mol. The van der Waals surface area contributed by atoms with Crippen LogP contribution in [0.25, 0.3) is 0 Å². The van der Waals surface area contributed by atoms with E-state index in [1.54, 1.807) is 6.92 Å². The van der Waals surface area contributed by atoms with Gasteiger partial charge in [-0.3, -0.25) is 0 Å². The summed E-state index contributed by atoms with van der Waals surface area (Å²) in [5.74, 6) is 0.147. The van der Waals surface area contributed by atoms with Crippen molar-refractivity contribution in [1.82, 2.24) is 0 Å². The van der Waals surface area contributed by atoms with E-state index in [0.717, 1.165) is 65.0 Å². The Morgan fingerprint density at radius 3 is 1.62 bits per heavy atom. The summed E-state index contributed by atoms with van der Waals surface area (Å²) >= 11 is 0. The van der Waals surface area contributed by atoms with E-state index in [1.807, 2.05) is 0 Å². The molecule has 7 rings (SSSR count). The molecule has 8 nitrogen and oxygen atoms in total. The Morgan fingerprint density at radius 1 is 0.757 bits per heavy atom. The molecule has 1 N–H and O–H groups in total. The summed E-state index contributed by atoms with van der Waals surface area (Å²) in [7, 11) is 0. The number of carbonyl (C=O) groups is 1. The van der Waals surface area contributed by atoms with Crippen LogP contribution in [0.15, 0.2) is 11.3 Å². The molecule has 0 aromatic heterocycles. The molecular formula is C29H44O8. The highest BCUT2D eigenvalue weighted by Crippen LogP contribution is 2.68. The first kappa shape index (κ1) is 26.1. The Kier molecular flexibility index (Phi) is 6.09. The average Bonchev–Trinajstić information content (AvgIpc) is 2.77.